The molecule has 4 fully saturated rings. The number of halogens is 14. The zero-order valence-electron chi connectivity index (χ0n) is 23.8. The fraction of sp³-hybridized carbons (Fsp3) is 0.926. The summed E-state index contributed by atoms with van der Waals surface area (Å²) in [6.07, 6.45) is -14.5. The highest BCUT2D eigenvalue weighted by Crippen LogP contribution is 2.67. The molecule has 0 aromatic rings. The van der Waals surface area contributed by atoms with Crippen molar-refractivity contribution in [1.82, 2.24) is 0 Å². The number of hydrogen-bond acceptors (Lipinski definition) is 4. The first kappa shape index (κ1) is 35.8. The predicted octanol–water partition coefficient (Wildman–Crippen LogP) is 8.52. The van der Waals surface area contributed by atoms with Gasteiger partial charge in [-0.15, -0.1) is 0 Å². The Hall–Kier alpha value is -2.04. The van der Waals surface area contributed by atoms with E-state index >= 15 is 0 Å². The van der Waals surface area contributed by atoms with Crippen LogP contribution in [0.3, 0.4) is 0 Å². The molecule has 8 atom stereocenters. The molecular weight excluding hydrogens is 654 g/mol. The molecule has 260 valence electrons. The second-order valence-electron chi connectivity index (χ2n) is 13.4. The maximum absolute atomic E-state index is 13.9. The van der Waals surface area contributed by atoms with Crippen molar-refractivity contribution in [2.45, 2.75) is 120 Å². The summed E-state index contributed by atoms with van der Waals surface area (Å²) in [4.78, 5) is 23.7. The molecule has 0 aliphatic heterocycles. The van der Waals surface area contributed by atoms with Crippen LogP contribution in [0.4, 0.5) is 61.5 Å². The normalized spacial score (nSPS) is 36.4. The van der Waals surface area contributed by atoms with Gasteiger partial charge in [0.05, 0.1) is 0 Å². The Morgan fingerprint density at radius 1 is 0.600 bits per heavy atom. The van der Waals surface area contributed by atoms with Crippen LogP contribution >= 0.6 is 0 Å². The van der Waals surface area contributed by atoms with Crippen molar-refractivity contribution in [3.63, 3.8) is 0 Å². The van der Waals surface area contributed by atoms with E-state index in [4.69, 9.17) is 0 Å². The van der Waals surface area contributed by atoms with Crippen LogP contribution in [0.15, 0.2) is 0 Å². The molecule has 0 saturated heterocycles. The average Bonchev–Trinajstić information content (AvgIpc) is 3.23. The number of alkyl halides is 14. The van der Waals surface area contributed by atoms with Gasteiger partial charge >= 0.3 is 48.0 Å². The van der Waals surface area contributed by atoms with Crippen LogP contribution in [-0.4, -0.2) is 60.2 Å². The maximum Gasteiger partial charge on any atom is 0.460 e. The zero-order valence-corrected chi connectivity index (χ0v) is 23.8. The first-order valence-corrected chi connectivity index (χ1v) is 14.2. The van der Waals surface area contributed by atoms with E-state index in [9.17, 15) is 71.1 Å². The molecule has 45 heavy (non-hydrogen) atoms. The van der Waals surface area contributed by atoms with Crippen molar-refractivity contribution in [1.29, 1.82) is 0 Å². The van der Waals surface area contributed by atoms with Crippen molar-refractivity contribution in [2.75, 3.05) is 0 Å². The fourth-order valence-electron chi connectivity index (χ4n) is 8.47. The summed E-state index contributed by atoms with van der Waals surface area (Å²) in [7, 11) is 0. The number of carbonyl (C=O) groups excluding carboxylic acids is 2. The van der Waals surface area contributed by atoms with Gasteiger partial charge in [0.25, 0.3) is 0 Å². The smallest absolute Gasteiger partial charge is 0.458 e. The SMILES string of the molecule is C[C@]12CCC3C(CC[C@H]4C[C@@H](OC(=O)C(F)(F)C(F)(F)C(F)(F)F)CC[C@]34C)C1C[C@H](OC(=O)C(F)(F)C(F)(F)C(F)(F)F)C2. The van der Waals surface area contributed by atoms with Crippen LogP contribution < -0.4 is 0 Å². The molecular formula is C27H30F14O4. The molecule has 4 saturated carbocycles. The van der Waals surface area contributed by atoms with Gasteiger partial charge in [-0.1, -0.05) is 13.8 Å². The third-order valence-corrected chi connectivity index (χ3v) is 10.9. The minimum absolute atomic E-state index is 0.0603. The lowest BCUT2D eigenvalue weighted by Gasteiger charge is -2.60. The first-order chi connectivity index (χ1) is 20.1. The third-order valence-electron chi connectivity index (χ3n) is 10.9. The van der Waals surface area contributed by atoms with Gasteiger partial charge in [-0.2, -0.15) is 61.5 Å². The number of rotatable bonds is 6. The van der Waals surface area contributed by atoms with Crippen LogP contribution in [0, 0.1) is 34.5 Å². The topological polar surface area (TPSA) is 52.6 Å². The van der Waals surface area contributed by atoms with Crippen LogP contribution in [0.2, 0.25) is 0 Å². The minimum atomic E-state index is -6.71. The second-order valence-corrected chi connectivity index (χ2v) is 13.4. The van der Waals surface area contributed by atoms with Crippen molar-refractivity contribution in [2.24, 2.45) is 34.5 Å². The number of carbonyl (C=O) groups is 2. The number of esters is 2. The molecule has 0 aromatic heterocycles. The lowest BCUT2D eigenvalue weighted by molar-refractivity contribution is -0.349. The Morgan fingerprint density at radius 2 is 1.09 bits per heavy atom. The van der Waals surface area contributed by atoms with E-state index in [1.165, 1.54) is 0 Å². The largest absolute Gasteiger partial charge is 0.460 e. The fourth-order valence-corrected chi connectivity index (χ4v) is 8.47. The van der Waals surface area contributed by atoms with Crippen molar-refractivity contribution >= 4 is 11.9 Å². The van der Waals surface area contributed by atoms with Crippen molar-refractivity contribution < 1.29 is 80.5 Å². The Labute approximate surface area is 247 Å². The van der Waals surface area contributed by atoms with E-state index in [1.54, 1.807) is 6.92 Å². The molecule has 0 spiro atoms. The summed E-state index contributed by atoms with van der Waals surface area (Å²) in [6.45, 7) is 3.64. The molecule has 4 rings (SSSR count). The van der Waals surface area contributed by atoms with Crippen LogP contribution in [0.25, 0.3) is 0 Å². The van der Waals surface area contributed by atoms with Gasteiger partial charge < -0.3 is 9.47 Å². The second kappa shape index (κ2) is 10.7. The zero-order chi connectivity index (χ0) is 34.4. The molecule has 0 N–H and O–H groups in total. The van der Waals surface area contributed by atoms with E-state index in [-0.39, 0.29) is 55.8 Å². The van der Waals surface area contributed by atoms with E-state index in [0.717, 1.165) is 0 Å². The molecule has 3 unspecified atom stereocenters. The lowest BCUT2D eigenvalue weighted by Crippen LogP contribution is -2.58. The van der Waals surface area contributed by atoms with E-state index in [1.807, 2.05) is 6.92 Å². The molecule has 0 aromatic carbocycles. The summed E-state index contributed by atoms with van der Waals surface area (Å²) in [5.74, 6) is -32.5. The molecule has 0 amide bonds. The standard InChI is InChI=1S/C27H30F14O4/c1-20-7-6-16-15(17(20)10-14(11-20)45-19(43)23(30,31)25(34,35)27(39,40)41)4-3-12-9-13(5-8-21(12,16)2)44-18(42)22(28,29)24(32,33)26(36,37)38/h12-17H,3-11H2,1-2H3/t12-,13-,14-,15?,16?,17?,20+,21-/m0/s1. The maximum atomic E-state index is 13.9. The molecule has 4 aliphatic carbocycles. The number of fused-ring (bicyclic) bond motifs is 5. The first-order valence-electron chi connectivity index (χ1n) is 14.2. The van der Waals surface area contributed by atoms with Gasteiger partial charge in [-0.25, -0.2) is 9.59 Å². The Kier molecular flexibility index (Phi) is 8.55. The summed E-state index contributed by atoms with van der Waals surface area (Å²) in [6, 6.07) is 0. The number of hydrogen-bond donors (Lipinski definition) is 0. The van der Waals surface area contributed by atoms with Gasteiger partial charge in [-0.05, 0) is 92.3 Å². The molecule has 4 nitrogen and oxygen atoms in total. The molecule has 4 aliphatic rings. The molecule has 0 bridgehead atoms. The quantitative estimate of drug-likeness (QED) is 0.208. The minimum Gasteiger partial charge on any atom is -0.458 e. The monoisotopic (exact) mass is 684 g/mol. The van der Waals surface area contributed by atoms with Crippen molar-refractivity contribution in [3.05, 3.63) is 0 Å². The Morgan fingerprint density at radius 3 is 1.58 bits per heavy atom. The van der Waals surface area contributed by atoms with E-state index in [2.05, 4.69) is 9.47 Å². The van der Waals surface area contributed by atoms with Crippen molar-refractivity contribution in [3.8, 4) is 0 Å². The highest BCUT2D eigenvalue weighted by atomic mass is 19.4. The van der Waals surface area contributed by atoms with Gasteiger partial charge in [0, 0.05) is 0 Å². The highest BCUT2D eigenvalue weighted by Gasteiger charge is 2.78. The summed E-state index contributed by atoms with van der Waals surface area (Å²) in [5, 5.41) is 0. The molecule has 0 heterocycles. The highest BCUT2D eigenvalue weighted by molar-refractivity contribution is 5.80. The summed E-state index contributed by atoms with van der Waals surface area (Å²) in [5.41, 5.74) is -1.19. The van der Waals surface area contributed by atoms with Crippen LogP contribution in [0.5, 0.6) is 0 Å². The Bertz CT molecular complexity index is 1170. The third kappa shape index (κ3) is 5.54. The van der Waals surface area contributed by atoms with Crippen LogP contribution in [0.1, 0.15) is 71.6 Å². The Balaban J connectivity index is 1.43. The van der Waals surface area contributed by atoms with Gasteiger partial charge in [0.15, 0.2) is 0 Å². The molecule has 0 radical (unpaired) electrons. The van der Waals surface area contributed by atoms with Gasteiger partial charge in [0.2, 0.25) is 0 Å². The van der Waals surface area contributed by atoms with Gasteiger partial charge in [0.1, 0.15) is 12.2 Å². The average molecular weight is 685 g/mol. The summed E-state index contributed by atoms with van der Waals surface area (Å²) < 4.78 is 193. The lowest BCUT2D eigenvalue weighted by atomic mass is 9.45. The van der Waals surface area contributed by atoms with Crippen LogP contribution in [-0.2, 0) is 19.1 Å². The predicted molar refractivity (Wildman–Crippen MR) is 123 cm³/mol. The number of ether oxygens (including phenoxy) is 2. The van der Waals surface area contributed by atoms with E-state index < -0.39 is 71.0 Å². The summed E-state index contributed by atoms with van der Waals surface area (Å²) >= 11 is 0. The molecule has 18 heteroatoms. The van der Waals surface area contributed by atoms with Gasteiger partial charge in [-0.3, -0.25) is 0 Å². The van der Waals surface area contributed by atoms with E-state index in [0.29, 0.717) is 25.7 Å².